The summed E-state index contributed by atoms with van der Waals surface area (Å²) in [5.41, 5.74) is 5.39. The average molecular weight is 254 g/mol. The molecule has 0 aliphatic heterocycles. The second-order valence-corrected chi connectivity index (χ2v) is 5.02. The minimum absolute atomic E-state index is 0. The third kappa shape index (κ3) is 4.55. The Bertz CT molecular complexity index is 462. The van der Waals surface area contributed by atoms with Crippen molar-refractivity contribution in [3.63, 3.8) is 0 Å². The average Bonchev–Trinajstić information content (AvgIpc) is 2.41. The van der Waals surface area contributed by atoms with Crippen molar-refractivity contribution in [3.05, 3.63) is 59.7 Å². The molecule has 0 saturated heterocycles. The summed E-state index contributed by atoms with van der Waals surface area (Å²) in [5.74, 6) is 0. The summed E-state index contributed by atoms with van der Waals surface area (Å²) >= 11 is 0. The summed E-state index contributed by atoms with van der Waals surface area (Å²) in [5, 5.41) is 0. The van der Waals surface area contributed by atoms with Crippen LogP contribution in [0, 0.1) is 6.92 Å². The van der Waals surface area contributed by atoms with Gasteiger partial charge in [-0.3, -0.25) is 0 Å². The van der Waals surface area contributed by atoms with Crippen molar-refractivity contribution in [2.75, 3.05) is 0 Å². The smallest absolute Gasteiger partial charge is 0.0184 e. The fraction of sp³-hybridized carbons (Fsp3) is 0.368. The zero-order valence-corrected chi connectivity index (χ0v) is 11.4. The van der Waals surface area contributed by atoms with Crippen LogP contribution < -0.4 is 0 Å². The van der Waals surface area contributed by atoms with E-state index in [4.69, 9.17) is 0 Å². The largest absolute Gasteiger partial charge is 0.0776 e. The van der Waals surface area contributed by atoms with Crippen LogP contribution in [0.4, 0.5) is 0 Å². The van der Waals surface area contributed by atoms with Crippen LogP contribution in [0.5, 0.6) is 0 Å². The van der Waals surface area contributed by atoms with Crippen LogP contribution in [0.1, 0.15) is 44.7 Å². The Labute approximate surface area is 118 Å². The normalized spacial score (nSPS) is 10.0. The van der Waals surface area contributed by atoms with E-state index in [1.165, 1.54) is 47.9 Å². The monoisotopic (exact) mass is 254 g/mol. The maximum atomic E-state index is 2.27. The number of rotatable bonds is 5. The Morgan fingerprint density at radius 3 is 1.79 bits per heavy atom. The Balaban J connectivity index is 0.00000180. The van der Waals surface area contributed by atoms with E-state index in [0.717, 1.165) is 0 Å². The van der Waals surface area contributed by atoms with Gasteiger partial charge in [-0.05, 0) is 36.5 Å². The van der Waals surface area contributed by atoms with Crippen molar-refractivity contribution in [1.82, 2.24) is 0 Å². The highest BCUT2D eigenvalue weighted by Gasteiger charge is 1.98. The van der Waals surface area contributed by atoms with E-state index in [-0.39, 0.29) is 7.43 Å². The lowest BCUT2D eigenvalue weighted by molar-refractivity contribution is 0.717. The van der Waals surface area contributed by atoms with Crippen molar-refractivity contribution < 1.29 is 0 Å². The Hall–Kier alpha value is -1.56. The summed E-state index contributed by atoms with van der Waals surface area (Å²) in [6.45, 7) is 4.38. The molecule has 0 nitrogen and oxygen atoms in total. The molecule has 0 unspecified atom stereocenters. The lowest BCUT2D eigenvalue weighted by Crippen LogP contribution is -1.86. The highest BCUT2D eigenvalue weighted by Crippen LogP contribution is 2.20. The SMILES string of the molecule is C.CCCCCc1ccc(-c2ccc(C)cc2)cc1. The molecule has 0 bridgehead atoms. The van der Waals surface area contributed by atoms with Gasteiger partial charge in [0.05, 0.1) is 0 Å². The van der Waals surface area contributed by atoms with Gasteiger partial charge < -0.3 is 0 Å². The summed E-state index contributed by atoms with van der Waals surface area (Å²) < 4.78 is 0. The van der Waals surface area contributed by atoms with Crippen LogP contribution in [-0.2, 0) is 6.42 Å². The fourth-order valence-corrected chi connectivity index (χ4v) is 2.19. The predicted octanol–water partition coefficient (Wildman–Crippen LogP) is 6.03. The molecule has 2 aromatic rings. The molecule has 0 saturated carbocycles. The van der Waals surface area contributed by atoms with Gasteiger partial charge in [-0.2, -0.15) is 0 Å². The van der Waals surface area contributed by atoms with Crippen molar-refractivity contribution >= 4 is 0 Å². The van der Waals surface area contributed by atoms with E-state index >= 15 is 0 Å². The topological polar surface area (TPSA) is 0 Å². The summed E-state index contributed by atoms with van der Waals surface area (Å²) in [6, 6.07) is 17.8. The number of hydrogen-bond acceptors (Lipinski definition) is 0. The molecule has 19 heavy (non-hydrogen) atoms. The van der Waals surface area contributed by atoms with E-state index in [2.05, 4.69) is 62.4 Å². The molecule has 0 aliphatic rings. The van der Waals surface area contributed by atoms with E-state index in [1.54, 1.807) is 0 Å². The highest BCUT2D eigenvalue weighted by atomic mass is 14.0. The van der Waals surface area contributed by atoms with Crippen molar-refractivity contribution in [1.29, 1.82) is 0 Å². The summed E-state index contributed by atoms with van der Waals surface area (Å²) in [7, 11) is 0. The predicted molar refractivity (Wildman–Crippen MR) is 86.6 cm³/mol. The van der Waals surface area contributed by atoms with E-state index in [9.17, 15) is 0 Å². The molecule has 0 amide bonds. The number of aryl methyl sites for hydroxylation is 2. The molecule has 0 radical (unpaired) electrons. The highest BCUT2D eigenvalue weighted by molar-refractivity contribution is 5.63. The molecular formula is C19H26. The first-order chi connectivity index (χ1) is 8.79. The van der Waals surface area contributed by atoms with E-state index < -0.39 is 0 Å². The van der Waals surface area contributed by atoms with E-state index in [1.807, 2.05) is 0 Å². The summed E-state index contributed by atoms with van der Waals surface area (Å²) in [6.07, 6.45) is 5.14. The van der Waals surface area contributed by atoms with Gasteiger partial charge in [0.25, 0.3) is 0 Å². The molecule has 0 fully saturated rings. The van der Waals surface area contributed by atoms with Crippen LogP contribution in [0.15, 0.2) is 48.5 Å². The van der Waals surface area contributed by atoms with Gasteiger partial charge in [-0.15, -0.1) is 0 Å². The minimum atomic E-state index is 0. The first kappa shape index (κ1) is 15.5. The van der Waals surface area contributed by atoms with Gasteiger partial charge in [0, 0.05) is 0 Å². The van der Waals surface area contributed by atoms with Gasteiger partial charge in [0.1, 0.15) is 0 Å². The Morgan fingerprint density at radius 2 is 1.26 bits per heavy atom. The van der Waals surface area contributed by atoms with Crippen LogP contribution in [0.2, 0.25) is 0 Å². The lowest BCUT2D eigenvalue weighted by Gasteiger charge is -2.05. The Morgan fingerprint density at radius 1 is 0.737 bits per heavy atom. The molecule has 102 valence electrons. The van der Waals surface area contributed by atoms with Crippen molar-refractivity contribution in [2.24, 2.45) is 0 Å². The van der Waals surface area contributed by atoms with Gasteiger partial charge >= 0.3 is 0 Å². The molecule has 0 N–H and O–H groups in total. The maximum absolute atomic E-state index is 2.27. The third-order valence-corrected chi connectivity index (χ3v) is 3.41. The van der Waals surface area contributed by atoms with Gasteiger partial charge in [-0.25, -0.2) is 0 Å². The molecule has 0 aromatic heterocycles. The van der Waals surface area contributed by atoms with Crippen LogP contribution in [0.25, 0.3) is 11.1 Å². The van der Waals surface area contributed by atoms with Crippen LogP contribution >= 0.6 is 0 Å². The van der Waals surface area contributed by atoms with Gasteiger partial charge in [-0.1, -0.05) is 81.3 Å². The molecule has 0 heterocycles. The zero-order valence-electron chi connectivity index (χ0n) is 11.4. The van der Waals surface area contributed by atoms with Crippen LogP contribution in [-0.4, -0.2) is 0 Å². The minimum Gasteiger partial charge on any atom is -0.0776 e. The molecule has 0 heteroatoms. The fourth-order valence-electron chi connectivity index (χ4n) is 2.19. The number of benzene rings is 2. The summed E-state index contributed by atoms with van der Waals surface area (Å²) in [4.78, 5) is 0. The molecule has 0 spiro atoms. The zero-order chi connectivity index (χ0) is 12.8. The molecule has 0 atom stereocenters. The molecular weight excluding hydrogens is 228 g/mol. The van der Waals surface area contributed by atoms with Crippen molar-refractivity contribution in [3.8, 4) is 11.1 Å². The van der Waals surface area contributed by atoms with E-state index in [0.29, 0.717) is 0 Å². The number of unbranched alkanes of at least 4 members (excludes halogenated alkanes) is 2. The maximum Gasteiger partial charge on any atom is -0.0184 e. The van der Waals surface area contributed by atoms with Gasteiger partial charge in [0.2, 0.25) is 0 Å². The quantitative estimate of drug-likeness (QED) is 0.571. The second-order valence-electron chi connectivity index (χ2n) is 5.02. The molecule has 2 rings (SSSR count). The third-order valence-electron chi connectivity index (χ3n) is 3.41. The molecule has 2 aromatic carbocycles. The Kier molecular flexibility index (Phi) is 6.35. The first-order valence-corrected chi connectivity index (χ1v) is 6.95. The van der Waals surface area contributed by atoms with Crippen LogP contribution in [0.3, 0.4) is 0 Å². The van der Waals surface area contributed by atoms with Gasteiger partial charge in [0.15, 0.2) is 0 Å². The molecule has 0 aliphatic carbocycles. The standard InChI is InChI=1S/C18H22.CH4/c1-3-4-5-6-16-9-13-18(14-10-16)17-11-7-15(2)8-12-17;/h7-14H,3-6H2,1-2H3;1H4. The number of hydrogen-bond donors (Lipinski definition) is 0. The van der Waals surface area contributed by atoms with Crippen molar-refractivity contribution in [2.45, 2.75) is 47.0 Å². The second kappa shape index (κ2) is 7.78. The lowest BCUT2D eigenvalue weighted by atomic mass is 10.0. The first-order valence-electron chi connectivity index (χ1n) is 6.95.